The van der Waals surface area contributed by atoms with E-state index in [9.17, 15) is 0 Å². The summed E-state index contributed by atoms with van der Waals surface area (Å²) >= 11 is 4.13. The van der Waals surface area contributed by atoms with Crippen molar-refractivity contribution in [2.45, 2.75) is 6.42 Å². The van der Waals surface area contributed by atoms with Crippen molar-refractivity contribution in [2.75, 3.05) is 19.0 Å². The molecule has 1 rings (SSSR count). The Hall–Kier alpha value is -0.930. The molecule has 1 aromatic rings. The van der Waals surface area contributed by atoms with Crippen molar-refractivity contribution in [3.05, 3.63) is 35.9 Å². The summed E-state index contributed by atoms with van der Waals surface area (Å²) in [6, 6.07) is 7.77. The molecule has 1 aromatic carbocycles. The van der Waals surface area contributed by atoms with Crippen LogP contribution >= 0.6 is 12.6 Å². The highest BCUT2D eigenvalue weighted by atomic mass is 32.1. The van der Waals surface area contributed by atoms with Gasteiger partial charge in [0, 0.05) is 0 Å². The van der Waals surface area contributed by atoms with Crippen molar-refractivity contribution < 1.29 is 9.84 Å². The Bertz CT molecular complexity index is 293. The summed E-state index contributed by atoms with van der Waals surface area (Å²) in [4.78, 5) is 0. The number of ether oxygens (including phenoxy) is 1. The van der Waals surface area contributed by atoms with E-state index >= 15 is 0 Å². The minimum absolute atomic E-state index is 0.0452. The maximum Gasteiger partial charge on any atom is 0.119 e. The van der Waals surface area contributed by atoms with E-state index in [-0.39, 0.29) is 6.61 Å². The Balaban J connectivity index is 2.48. The third kappa shape index (κ3) is 4.91. The monoisotopic (exact) mass is 224 g/mol. The van der Waals surface area contributed by atoms with Crippen LogP contribution in [0.5, 0.6) is 5.75 Å². The van der Waals surface area contributed by atoms with Crippen molar-refractivity contribution in [3.8, 4) is 5.75 Å². The second-order valence-electron chi connectivity index (χ2n) is 3.06. The van der Waals surface area contributed by atoms with E-state index in [2.05, 4.69) is 24.8 Å². The lowest BCUT2D eigenvalue weighted by atomic mass is 10.2. The Morgan fingerprint density at radius 2 is 2.00 bits per heavy atom. The first-order chi connectivity index (χ1) is 7.36. The van der Waals surface area contributed by atoms with Gasteiger partial charge in [-0.1, -0.05) is 24.3 Å². The molecule has 1 N–H and O–H groups in total. The van der Waals surface area contributed by atoms with Gasteiger partial charge in [-0.25, -0.2) is 0 Å². The molecule has 0 saturated heterocycles. The Kier molecular flexibility index (Phi) is 5.97. The predicted octanol–water partition coefficient (Wildman–Crippen LogP) is 2.39. The highest BCUT2D eigenvalue weighted by Gasteiger charge is 1.92. The van der Waals surface area contributed by atoms with Crippen molar-refractivity contribution in [1.82, 2.24) is 0 Å². The van der Waals surface area contributed by atoms with Crippen LogP contribution in [0, 0.1) is 0 Å². The Morgan fingerprint density at radius 1 is 1.27 bits per heavy atom. The topological polar surface area (TPSA) is 29.5 Å². The molecule has 82 valence electrons. The number of benzene rings is 1. The van der Waals surface area contributed by atoms with Gasteiger partial charge in [-0.2, -0.15) is 12.6 Å². The van der Waals surface area contributed by atoms with Gasteiger partial charge in [-0.05, 0) is 29.9 Å². The zero-order valence-corrected chi connectivity index (χ0v) is 9.49. The summed E-state index contributed by atoms with van der Waals surface area (Å²) in [5.41, 5.74) is 1.15. The average Bonchev–Trinajstić information content (AvgIpc) is 2.28. The molecule has 0 radical (unpaired) electrons. The van der Waals surface area contributed by atoms with Gasteiger partial charge in [0.1, 0.15) is 12.4 Å². The largest absolute Gasteiger partial charge is 0.491 e. The third-order valence-electron chi connectivity index (χ3n) is 1.85. The Morgan fingerprint density at radius 3 is 2.60 bits per heavy atom. The van der Waals surface area contributed by atoms with Crippen LogP contribution in [0.2, 0.25) is 0 Å². The van der Waals surface area contributed by atoms with E-state index in [1.54, 1.807) is 0 Å². The molecule has 0 saturated carbocycles. The molecule has 0 bridgehead atoms. The molecule has 0 heterocycles. The fourth-order valence-electron chi connectivity index (χ4n) is 1.13. The maximum absolute atomic E-state index is 8.58. The third-order valence-corrected chi connectivity index (χ3v) is 2.10. The molecule has 0 spiro atoms. The Labute approximate surface area is 96.0 Å². The minimum atomic E-state index is 0.0452. The quantitative estimate of drug-likeness (QED) is 0.727. The zero-order chi connectivity index (χ0) is 10.9. The van der Waals surface area contributed by atoms with Crippen LogP contribution in [0.3, 0.4) is 0 Å². The molecular formula is C12H16O2S. The fourth-order valence-corrected chi connectivity index (χ4v) is 1.28. The van der Waals surface area contributed by atoms with Crippen molar-refractivity contribution in [2.24, 2.45) is 0 Å². The molecule has 0 unspecified atom stereocenters. The number of hydrogen-bond donors (Lipinski definition) is 2. The smallest absolute Gasteiger partial charge is 0.119 e. The molecule has 0 amide bonds. The van der Waals surface area contributed by atoms with E-state index in [0.717, 1.165) is 23.5 Å². The first-order valence-electron chi connectivity index (χ1n) is 4.98. The number of thiol groups is 1. The van der Waals surface area contributed by atoms with Gasteiger partial charge in [-0.15, -0.1) is 0 Å². The van der Waals surface area contributed by atoms with Crippen LogP contribution in [0.1, 0.15) is 12.0 Å². The van der Waals surface area contributed by atoms with Gasteiger partial charge in [0.2, 0.25) is 0 Å². The van der Waals surface area contributed by atoms with Crippen LogP contribution in [0.15, 0.2) is 30.3 Å². The zero-order valence-electron chi connectivity index (χ0n) is 8.60. The minimum Gasteiger partial charge on any atom is -0.491 e. The first kappa shape index (κ1) is 12.1. The molecule has 0 aliphatic rings. The van der Waals surface area contributed by atoms with Crippen LogP contribution < -0.4 is 4.74 Å². The molecule has 15 heavy (non-hydrogen) atoms. The molecule has 0 atom stereocenters. The lowest BCUT2D eigenvalue weighted by molar-refractivity contribution is 0.201. The van der Waals surface area contributed by atoms with E-state index < -0.39 is 0 Å². The molecule has 3 heteroatoms. The standard InChI is InChI=1S/C12H16O2S/c13-8-9-14-12-6-4-11(5-7-12)3-1-2-10-15/h1,3-7,13,15H,2,8-10H2. The van der Waals surface area contributed by atoms with Crippen LogP contribution in [-0.2, 0) is 0 Å². The highest BCUT2D eigenvalue weighted by molar-refractivity contribution is 7.80. The van der Waals surface area contributed by atoms with E-state index in [0.29, 0.717) is 6.61 Å². The first-order valence-corrected chi connectivity index (χ1v) is 5.61. The summed E-state index contributed by atoms with van der Waals surface area (Å²) in [5.74, 6) is 1.66. The van der Waals surface area contributed by atoms with Gasteiger partial charge in [-0.3, -0.25) is 0 Å². The molecule has 0 aliphatic carbocycles. The molecular weight excluding hydrogens is 208 g/mol. The van der Waals surface area contributed by atoms with Crippen molar-refractivity contribution >= 4 is 18.7 Å². The number of aliphatic hydroxyl groups excluding tert-OH is 1. The second-order valence-corrected chi connectivity index (χ2v) is 3.50. The van der Waals surface area contributed by atoms with Crippen LogP contribution in [0.4, 0.5) is 0 Å². The van der Waals surface area contributed by atoms with Gasteiger partial charge >= 0.3 is 0 Å². The van der Waals surface area contributed by atoms with Crippen LogP contribution in [-0.4, -0.2) is 24.1 Å². The summed E-state index contributed by atoms with van der Waals surface area (Å²) in [7, 11) is 0. The van der Waals surface area contributed by atoms with Crippen molar-refractivity contribution in [3.63, 3.8) is 0 Å². The number of rotatable bonds is 6. The van der Waals surface area contributed by atoms with Gasteiger partial charge < -0.3 is 9.84 Å². The molecule has 0 fully saturated rings. The van der Waals surface area contributed by atoms with E-state index in [1.165, 1.54) is 0 Å². The van der Waals surface area contributed by atoms with E-state index in [1.807, 2.05) is 24.3 Å². The van der Waals surface area contributed by atoms with E-state index in [4.69, 9.17) is 9.84 Å². The lowest BCUT2D eigenvalue weighted by Gasteiger charge is -2.03. The molecule has 2 nitrogen and oxygen atoms in total. The normalized spacial score (nSPS) is 10.8. The average molecular weight is 224 g/mol. The SMILES string of the molecule is OCCOc1ccc(C=CCCS)cc1. The predicted molar refractivity (Wildman–Crippen MR) is 66.5 cm³/mol. The van der Waals surface area contributed by atoms with Crippen LogP contribution in [0.25, 0.3) is 6.08 Å². The summed E-state index contributed by atoms with van der Waals surface area (Å²) in [6.45, 7) is 0.387. The van der Waals surface area contributed by atoms with Gasteiger partial charge in [0.15, 0.2) is 0 Å². The summed E-state index contributed by atoms with van der Waals surface area (Å²) in [5, 5.41) is 8.58. The summed E-state index contributed by atoms with van der Waals surface area (Å²) in [6.07, 6.45) is 5.13. The number of aliphatic hydroxyl groups is 1. The summed E-state index contributed by atoms with van der Waals surface area (Å²) < 4.78 is 5.25. The van der Waals surface area contributed by atoms with Gasteiger partial charge in [0.25, 0.3) is 0 Å². The molecule has 0 aliphatic heterocycles. The van der Waals surface area contributed by atoms with Gasteiger partial charge in [0.05, 0.1) is 6.61 Å². The number of hydrogen-bond acceptors (Lipinski definition) is 3. The second kappa shape index (κ2) is 7.37. The molecule has 0 aromatic heterocycles. The lowest BCUT2D eigenvalue weighted by Crippen LogP contribution is -2.01. The maximum atomic E-state index is 8.58. The fraction of sp³-hybridized carbons (Fsp3) is 0.333. The van der Waals surface area contributed by atoms with Crippen molar-refractivity contribution in [1.29, 1.82) is 0 Å². The number of allylic oxidation sites excluding steroid dienone is 1. The highest BCUT2D eigenvalue weighted by Crippen LogP contribution is 2.13.